The number of amides is 1. The molecule has 1 amide bonds. The molecule has 1 aromatic heterocycles. The van der Waals surface area contributed by atoms with Crippen molar-refractivity contribution < 1.29 is 9.53 Å². The van der Waals surface area contributed by atoms with Crippen LogP contribution < -0.4 is 15.5 Å². The second kappa shape index (κ2) is 9.10. The van der Waals surface area contributed by atoms with Crippen LogP contribution in [0.15, 0.2) is 35.3 Å². The Morgan fingerprint density at radius 1 is 1.27 bits per heavy atom. The molecule has 1 aromatic carbocycles. The highest BCUT2D eigenvalue weighted by Gasteiger charge is 2.12. The van der Waals surface area contributed by atoms with Crippen LogP contribution in [0, 0.1) is 12.8 Å². The molecular weight excluding hydrogens is 375 g/mol. The number of benzene rings is 1. The highest BCUT2D eigenvalue weighted by molar-refractivity contribution is 6.35. The molecule has 26 heavy (non-hydrogen) atoms. The van der Waals surface area contributed by atoms with Gasteiger partial charge in [-0.05, 0) is 37.5 Å². The van der Waals surface area contributed by atoms with Crippen LogP contribution in [0.3, 0.4) is 0 Å². The molecule has 0 saturated carbocycles. The molecule has 1 N–H and O–H groups in total. The number of rotatable bonds is 7. The highest BCUT2D eigenvalue weighted by Crippen LogP contribution is 2.25. The van der Waals surface area contributed by atoms with Crippen LogP contribution in [-0.2, 0) is 11.3 Å². The maximum Gasteiger partial charge on any atom is 0.262 e. The van der Waals surface area contributed by atoms with Crippen LogP contribution in [-0.4, -0.2) is 17.1 Å². The Morgan fingerprint density at radius 3 is 2.69 bits per heavy atom. The molecule has 0 saturated heterocycles. The zero-order valence-corrected chi connectivity index (χ0v) is 16.5. The van der Waals surface area contributed by atoms with Gasteiger partial charge in [0.1, 0.15) is 0 Å². The predicted molar refractivity (Wildman–Crippen MR) is 105 cm³/mol. The number of ether oxygens (including phenoxy) is 1. The minimum Gasteiger partial charge on any atom is -0.478 e. The van der Waals surface area contributed by atoms with E-state index in [-0.39, 0.29) is 17.8 Å². The Hall–Kier alpha value is -1.98. The van der Waals surface area contributed by atoms with E-state index in [0.29, 0.717) is 27.3 Å². The van der Waals surface area contributed by atoms with Gasteiger partial charge in [-0.1, -0.05) is 37.0 Å². The fraction of sp³-hybridized carbons (Fsp3) is 0.368. The minimum atomic E-state index is -0.425. The first-order chi connectivity index (χ1) is 12.3. The molecule has 140 valence electrons. The number of carbonyl (C=O) groups excluding carboxylic acids is 1. The molecule has 5 nitrogen and oxygen atoms in total. The van der Waals surface area contributed by atoms with Gasteiger partial charge in [0.05, 0.1) is 16.4 Å². The lowest BCUT2D eigenvalue weighted by Crippen LogP contribution is -2.24. The molecule has 0 aliphatic carbocycles. The fourth-order valence-corrected chi connectivity index (χ4v) is 2.72. The Balaban J connectivity index is 2.06. The number of halogens is 2. The lowest BCUT2D eigenvalue weighted by atomic mass is 10.1. The molecule has 0 unspecified atom stereocenters. The molecule has 0 atom stereocenters. The summed E-state index contributed by atoms with van der Waals surface area (Å²) in [5.74, 6) is 0.306. The number of nitrogens with zero attached hydrogens (tertiary/aromatic N) is 1. The van der Waals surface area contributed by atoms with Gasteiger partial charge in [-0.15, -0.1) is 0 Å². The van der Waals surface area contributed by atoms with Crippen molar-refractivity contribution in [2.45, 2.75) is 33.7 Å². The van der Waals surface area contributed by atoms with E-state index in [0.717, 1.165) is 13.0 Å². The standard InChI is InChI=1S/C19H22Cl2N2O3/c1-12(2)6-8-23-9-7-17(24)19(13(23)3)26-11-18(25)22-16-10-14(20)4-5-15(16)21/h4-5,7,9-10,12H,6,8,11H2,1-3H3,(H,22,25). The van der Waals surface area contributed by atoms with E-state index >= 15 is 0 Å². The summed E-state index contributed by atoms with van der Waals surface area (Å²) in [6.45, 7) is 6.57. The number of hydrogen-bond acceptors (Lipinski definition) is 3. The summed E-state index contributed by atoms with van der Waals surface area (Å²) < 4.78 is 7.46. The van der Waals surface area contributed by atoms with Gasteiger partial charge in [0.15, 0.2) is 12.4 Å². The lowest BCUT2D eigenvalue weighted by Gasteiger charge is -2.16. The predicted octanol–water partition coefficient (Wildman–Crippen LogP) is 4.53. The van der Waals surface area contributed by atoms with Gasteiger partial charge in [0, 0.05) is 23.8 Å². The van der Waals surface area contributed by atoms with Gasteiger partial charge in [0.2, 0.25) is 5.43 Å². The van der Waals surface area contributed by atoms with E-state index in [1.165, 1.54) is 6.07 Å². The monoisotopic (exact) mass is 396 g/mol. The van der Waals surface area contributed by atoms with Gasteiger partial charge in [-0.3, -0.25) is 9.59 Å². The second-order valence-electron chi connectivity index (χ2n) is 6.43. The summed E-state index contributed by atoms with van der Waals surface area (Å²) in [6.07, 6.45) is 2.73. The van der Waals surface area contributed by atoms with Crippen molar-refractivity contribution in [3.05, 3.63) is 56.4 Å². The van der Waals surface area contributed by atoms with Gasteiger partial charge in [-0.25, -0.2) is 0 Å². The smallest absolute Gasteiger partial charge is 0.262 e. The average molecular weight is 397 g/mol. The van der Waals surface area contributed by atoms with E-state index in [4.69, 9.17) is 27.9 Å². The van der Waals surface area contributed by atoms with E-state index in [9.17, 15) is 9.59 Å². The van der Waals surface area contributed by atoms with Gasteiger partial charge in [0.25, 0.3) is 5.91 Å². The molecule has 0 bridgehead atoms. The van der Waals surface area contributed by atoms with Crippen molar-refractivity contribution in [3.63, 3.8) is 0 Å². The summed E-state index contributed by atoms with van der Waals surface area (Å²) in [7, 11) is 0. The molecule has 0 spiro atoms. The molecule has 0 aliphatic heterocycles. The Kier molecular flexibility index (Phi) is 7.12. The zero-order chi connectivity index (χ0) is 19.3. The summed E-state index contributed by atoms with van der Waals surface area (Å²) in [6, 6.07) is 6.22. The van der Waals surface area contributed by atoms with Crippen molar-refractivity contribution in [1.29, 1.82) is 0 Å². The number of anilines is 1. The number of aromatic nitrogens is 1. The zero-order valence-electron chi connectivity index (χ0n) is 15.0. The lowest BCUT2D eigenvalue weighted by molar-refractivity contribution is -0.118. The number of carbonyl (C=O) groups is 1. The average Bonchev–Trinajstić information content (AvgIpc) is 2.57. The molecule has 0 radical (unpaired) electrons. The number of hydrogen-bond donors (Lipinski definition) is 1. The molecule has 2 aromatic rings. The van der Waals surface area contributed by atoms with Crippen molar-refractivity contribution in [2.75, 3.05) is 11.9 Å². The Morgan fingerprint density at radius 2 is 2.00 bits per heavy atom. The van der Waals surface area contributed by atoms with Crippen LogP contribution in [0.5, 0.6) is 5.75 Å². The summed E-state index contributed by atoms with van der Waals surface area (Å²) in [4.78, 5) is 24.2. The van der Waals surface area contributed by atoms with E-state index < -0.39 is 5.91 Å². The molecule has 2 rings (SSSR count). The third-order valence-corrected chi connectivity index (χ3v) is 4.45. The maximum absolute atomic E-state index is 12.1. The second-order valence-corrected chi connectivity index (χ2v) is 7.28. The topological polar surface area (TPSA) is 60.3 Å². The normalized spacial score (nSPS) is 10.8. The third-order valence-electron chi connectivity index (χ3n) is 3.89. The molecule has 1 heterocycles. The van der Waals surface area contributed by atoms with Crippen molar-refractivity contribution in [1.82, 2.24) is 4.57 Å². The Labute approximate surface area is 162 Å². The summed E-state index contributed by atoms with van der Waals surface area (Å²) in [5.41, 5.74) is 0.843. The first-order valence-corrected chi connectivity index (χ1v) is 9.11. The van der Waals surface area contributed by atoms with Crippen LogP contribution in [0.2, 0.25) is 10.0 Å². The molecular formula is C19H22Cl2N2O3. The van der Waals surface area contributed by atoms with Crippen molar-refractivity contribution >= 4 is 34.8 Å². The van der Waals surface area contributed by atoms with Crippen LogP contribution in [0.25, 0.3) is 0 Å². The van der Waals surface area contributed by atoms with E-state index in [1.807, 2.05) is 11.5 Å². The summed E-state index contributed by atoms with van der Waals surface area (Å²) in [5, 5.41) is 3.45. The maximum atomic E-state index is 12.1. The number of pyridine rings is 1. The minimum absolute atomic E-state index is 0.184. The fourth-order valence-electron chi connectivity index (χ4n) is 2.39. The van der Waals surface area contributed by atoms with Crippen LogP contribution in [0.1, 0.15) is 26.0 Å². The number of nitrogens with one attached hydrogen (secondary N) is 1. The first-order valence-electron chi connectivity index (χ1n) is 8.35. The third kappa shape index (κ3) is 5.51. The molecule has 0 aliphatic rings. The van der Waals surface area contributed by atoms with E-state index in [1.54, 1.807) is 24.4 Å². The van der Waals surface area contributed by atoms with E-state index in [2.05, 4.69) is 19.2 Å². The van der Waals surface area contributed by atoms with Crippen LogP contribution >= 0.6 is 23.2 Å². The van der Waals surface area contributed by atoms with Gasteiger partial charge < -0.3 is 14.6 Å². The largest absolute Gasteiger partial charge is 0.478 e. The summed E-state index contributed by atoms with van der Waals surface area (Å²) >= 11 is 11.9. The number of aryl methyl sites for hydroxylation is 1. The Bertz CT molecular complexity index is 847. The van der Waals surface area contributed by atoms with Crippen molar-refractivity contribution in [2.24, 2.45) is 5.92 Å². The first kappa shape index (κ1) is 20.3. The van der Waals surface area contributed by atoms with Crippen LogP contribution in [0.4, 0.5) is 5.69 Å². The molecule has 7 heteroatoms. The molecule has 0 fully saturated rings. The van der Waals surface area contributed by atoms with Gasteiger partial charge >= 0.3 is 0 Å². The van der Waals surface area contributed by atoms with Crippen molar-refractivity contribution in [3.8, 4) is 5.75 Å². The van der Waals surface area contributed by atoms with Gasteiger partial charge in [-0.2, -0.15) is 0 Å². The quantitative estimate of drug-likeness (QED) is 0.747. The SMILES string of the molecule is Cc1c(OCC(=O)Nc2cc(Cl)ccc2Cl)c(=O)ccn1CCC(C)C. The highest BCUT2D eigenvalue weighted by atomic mass is 35.5.